The fourth-order valence-corrected chi connectivity index (χ4v) is 2.74. The number of anilines is 1. The second-order valence-electron chi connectivity index (χ2n) is 5.93. The molecule has 0 fully saturated rings. The molecule has 2 aromatic rings. The number of carbonyl (C=O) groups excluding carboxylic acids is 2. The second-order valence-corrected chi connectivity index (χ2v) is 6.84. The first-order valence-corrected chi connectivity index (χ1v) is 9.22. The molecule has 2 aromatic carbocycles. The van der Waals surface area contributed by atoms with Crippen molar-refractivity contribution in [1.82, 2.24) is 4.90 Å². The molecule has 0 saturated carbocycles. The van der Waals surface area contributed by atoms with Gasteiger partial charge in [-0.15, -0.1) is 0 Å². The van der Waals surface area contributed by atoms with Crippen molar-refractivity contribution in [2.24, 2.45) is 0 Å². The van der Waals surface area contributed by atoms with Crippen molar-refractivity contribution in [3.63, 3.8) is 0 Å². The number of hydrogen-bond donors (Lipinski definition) is 1. The summed E-state index contributed by atoms with van der Waals surface area (Å²) in [6.45, 7) is 0.588. The fourth-order valence-electron chi connectivity index (χ4n) is 2.41. The molecule has 0 saturated heterocycles. The summed E-state index contributed by atoms with van der Waals surface area (Å²) in [6.07, 6.45) is -4.96. The van der Waals surface area contributed by atoms with Gasteiger partial charge in [-0.25, -0.2) is 4.39 Å². The molecule has 5 nitrogen and oxygen atoms in total. The van der Waals surface area contributed by atoms with E-state index in [4.69, 9.17) is 4.74 Å². The molecule has 0 aliphatic heterocycles. The molecule has 0 atom stereocenters. The first kappa shape index (κ1) is 22.7. The standard InChI is InChI=1S/C19H17BrF4N2O3/c1-2-26(18(28)19(22,23)24)10-12-4-3-5-14(8-12)25-17(27)11-29-16-7-6-13(20)9-15(16)21/h3-9H,2,10-11H2,1H3,(H,25,27). The van der Waals surface area contributed by atoms with Crippen LogP contribution in [0, 0.1) is 5.82 Å². The molecular formula is C19H17BrF4N2O3. The number of hydrogen-bond acceptors (Lipinski definition) is 3. The summed E-state index contributed by atoms with van der Waals surface area (Å²) < 4.78 is 57.2. The maximum atomic E-state index is 13.7. The minimum Gasteiger partial charge on any atom is -0.481 e. The topological polar surface area (TPSA) is 58.6 Å². The van der Waals surface area contributed by atoms with Crippen LogP contribution >= 0.6 is 15.9 Å². The molecule has 0 radical (unpaired) electrons. The van der Waals surface area contributed by atoms with Gasteiger partial charge in [0.15, 0.2) is 18.2 Å². The Hall–Kier alpha value is -2.62. The van der Waals surface area contributed by atoms with Crippen molar-refractivity contribution < 1.29 is 31.9 Å². The van der Waals surface area contributed by atoms with Gasteiger partial charge < -0.3 is 15.0 Å². The minimum atomic E-state index is -4.96. The van der Waals surface area contributed by atoms with E-state index in [1.54, 1.807) is 6.07 Å². The SMILES string of the molecule is CCN(Cc1cccc(NC(=O)COc2ccc(Br)cc2F)c1)C(=O)C(F)(F)F. The number of benzene rings is 2. The molecule has 0 spiro atoms. The Balaban J connectivity index is 1.98. The smallest absolute Gasteiger partial charge is 0.471 e. The van der Waals surface area contributed by atoms with E-state index in [2.05, 4.69) is 21.2 Å². The summed E-state index contributed by atoms with van der Waals surface area (Å²) >= 11 is 3.11. The summed E-state index contributed by atoms with van der Waals surface area (Å²) in [6, 6.07) is 10.2. The van der Waals surface area contributed by atoms with Crippen molar-refractivity contribution in [2.75, 3.05) is 18.5 Å². The van der Waals surface area contributed by atoms with Gasteiger partial charge in [-0.2, -0.15) is 13.2 Å². The van der Waals surface area contributed by atoms with E-state index in [9.17, 15) is 27.2 Å². The van der Waals surface area contributed by atoms with Gasteiger partial charge in [0.05, 0.1) is 0 Å². The first-order chi connectivity index (χ1) is 13.6. The number of amides is 2. The van der Waals surface area contributed by atoms with Crippen LogP contribution in [0.5, 0.6) is 5.75 Å². The van der Waals surface area contributed by atoms with Crippen molar-refractivity contribution in [2.45, 2.75) is 19.6 Å². The Bertz CT molecular complexity index is 890. The Morgan fingerprint density at radius 3 is 2.52 bits per heavy atom. The normalized spacial score (nSPS) is 11.1. The van der Waals surface area contributed by atoms with Gasteiger partial charge in [-0.05, 0) is 42.8 Å². The van der Waals surface area contributed by atoms with Crippen molar-refractivity contribution >= 4 is 33.4 Å². The number of ether oxygens (including phenoxy) is 1. The van der Waals surface area contributed by atoms with Gasteiger partial charge in [0.25, 0.3) is 5.91 Å². The number of nitrogens with zero attached hydrogens (tertiary/aromatic N) is 1. The van der Waals surface area contributed by atoms with Gasteiger partial charge in [0, 0.05) is 23.2 Å². The predicted octanol–water partition coefficient (Wildman–Crippen LogP) is 4.52. The lowest BCUT2D eigenvalue weighted by molar-refractivity contribution is -0.185. The molecule has 2 rings (SSSR count). The third-order valence-electron chi connectivity index (χ3n) is 3.75. The summed E-state index contributed by atoms with van der Waals surface area (Å²) in [4.78, 5) is 24.1. The lowest BCUT2D eigenvalue weighted by Crippen LogP contribution is -2.40. The maximum absolute atomic E-state index is 13.7. The largest absolute Gasteiger partial charge is 0.481 e. The van der Waals surface area contributed by atoms with Crippen molar-refractivity contribution in [3.05, 3.63) is 58.3 Å². The average Bonchev–Trinajstić information content (AvgIpc) is 2.64. The first-order valence-electron chi connectivity index (χ1n) is 8.43. The Morgan fingerprint density at radius 2 is 1.90 bits per heavy atom. The van der Waals surface area contributed by atoms with E-state index < -0.39 is 30.4 Å². The molecule has 1 N–H and O–H groups in total. The molecular weight excluding hydrogens is 460 g/mol. The van der Waals surface area contributed by atoms with Crippen LogP contribution in [0.3, 0.4) is 0 Å². The summed E-state index contributed by atoms with van der Waals surface area (Å²) in [5, 5.41) is 2.51. The van der Waals surface area contributed by atoms with Gasteiger partial charge >= 0.3 is 12.1 Å². The molecule has 0 bridgehead atoms. The molecule has 0 heterocycles. The number of carbonyl (C=O) groups is 2. The zero-order valence-electron chi connectivity index (χ0n) is 15.2. The van der Waals surface area contributed by atoms with Crippen LogP contribution in [0.1, 0.15) is 12.5 Å². The van der Waals surface area contributed by atoms with E-state index in [0.29, 0.717) is 20.6 Å². The molecule has 10 heteroatoms. The molecule has 0 unspecified atom stereocenters. The number of rotatable bonds is 7. The highest BCUT2D eigenvalue weighted by Gasteiger charge is 2.41. The minimum absolute atomic E-state index is 0.0960. The van der Waals surface area contributed by atoms with E-state index >= 15 is 0 Å². The van der Waals surface area contributed by atoms with Crippen LogP contribution in [0.4, 0.5) is 23.2 Å². The van der Waals surface area contributed by atoms with Crippen LogP contribution in [0.2, 0.25) is 0 Å². The molecule has 0 aromatic heterocycles. The van der Waals surface area contributed by atoms with E-state index in [1.807, 2.05) is 0 Å². The van der Waals surface area contributed by atoms with Crippen molar-refractivity contribution in [3.8, 4) is 5.75 Å². The molecule has 156 valence electrons. The Morgan fingerprint density at radius 1 is 1.17 bits per heavy atom. The second kappa shape index (κ2) is 9.73. The Labute approximate surface area is 172 Å². The van der Waals surface area contributed by atoms with Crippen LogP contribution in [-0.2, 0) is 16.1 Å². The quantitative estimate of drug-likeness (QED) is 0.597. The third kappa shape index (κ3) is 6.74. The summed E-state index contributed by atoms with van der Waals surface area (Å²) in [7, 11) is 0. The monoisotopic (exact) mass is 476 g/mol. The molecule has 29 heavy (non-hydrogen) atoms. The van der Waals surface area contributed by atoms with Crippen LogP contribution in [0.25, 0.3) is 0 Å². The van der Waals surface area contributed by atoms with Crippen LogP contribution in [0.15, 0.2) is 46.9 Å². The lowest BCUT2D eigenvalue weighted by atomic mass is 10.2. The highest BCUT2D eigenvalue weighted by Crippen LogP contribution is 2.22. The van der Waals surface area contributed by atoms with Crippen LogP contribution < -0.4 is 10.1 Å². The molecule has 2 amide bonds. The molecule has 0 aliphatic rings. The maximum Gasteiger partial charge on any atom is 0.471 e. The van der Waals surface area contributed by atoms with Gasteiger partial charge in [0.2, 0.25) is 0 Å². The highest BCUT2D eigenvalue weighted by molar-refractivity contribution is 9.10. The third-order valence-corrected chi connectivity index (χ3v) is 4.24. The number of halogens is 5. The average molecular weight is 477 g/mol. The fraction of sp³-hybridized carbons (Fsp3) is 0.263. The van der Waals surface area contributed by atoms with E-state index in [1.165, 1.54) is 43.3 Å². The highest BCUT2D eigenvalue weighted by atomic mass is 79.9. The van der Waals surface area contributed by atoms with Crippen molar-refractivity contribution in [1.29, 1.82) is 0 Å². The van der Waals surface area contributed by atoms with E-state index in [-0.39, 0.29) is 18.8 Å². The van der Waals surface area contributed by atoms with Gasteiger partial charge in [-0.3, -0.25) is 9.59 Å². The zero-order chi connectivity index (χ0) is 21.6. The van der Waals surface area contributed by atoms with Gasteiger partial charge in [-0.1, -0.05) is 28.1 Å². The Kier molecular flexibility index (Phi) is 7.60. The summed E-state index contributed by atoms with van der Waals surface area (Å²) in [5.74, 6) is -3.24. The zero-order valence-corrected chi connectivity index (χ0v) is 16.8. The van der Waals surface area contributed by atoms with E-state index in [0.717, 1.165) is 0 Å². The molecule has 0 aliphatic carbocycles. The van der Waals surface area contributed by atoms with Crippen LogP contribution in [-0.4, -0.2) is 36.0 Å². The number of alkyl halides is 3. The lowest BCUT2D eigenvalue weighted by Gasteiger charge is -2.22. The predicted molar refractivity (Wildman–Crippen MR) is 102 cm³/mol. The van der Waals surface area contributed by atoms with Gasteiger partial charge in [0.1, 0.15) is 0 Å². The number of nitrogens with one attached hydrogen (secondary N) is 1. The summed E-state index contributed by atoms with van der Waals surface area (Å²) in [5.41, 5.74) is 0.713.